The van der Waals surface area contributed by atoms with Crippen molar-refractivity contribution in [1.29, 1.82) is 0 Å². The molecule has 3 aromatic rings. The van der Waals surface area contributed by atoms with Crippen molar-refractivity contribution in [3.05, 3.63) is 40.6 Å². The summed E-state index contributed by atoms with van der Waals surface area (Å²) in [5.41, 5.74) is 0.667. The van der Waals surface area contributed by atoms with Crippen LogP contribution in [0.25, 0.3) is 21.8 Å². The second kappa shape index (κ2) is 7.43. The molecular weight excluding hydrogens is 464 g/mol. The van der Waals surface area contributed by atoms with Gasteiger partial charge >= 0.3 is 6.09 Å². The molecular formula is C20H22BrF2N3O2S. The van der Waals surface area contributed by atoms with Crippen molar-refractivity contribution in [2.75, 3.05) is 6.54 Å². The number of amides is 1. The highest BCUT2D eigenvalue weighted by Gasteiger charge is 2.50. The number of hydrogen-bond donors (Lipinski definition) is 1. The van der Waals surface area contributed by atoms with Gasteiger partial charge in [0, 0.05) is 16.3 Å². The van der Waals surface area contributed by atoms with Gasteiger partial charge in [-0.15, -0.1) is 0 Å². The summed E-state index contributed by atoms with van der Waals surface area (Å²) < 4.78 is 34.6. The molecule has 2 aromatic carbocycles. The number of H-pyrrole nitrogens is 1. The average molecular weight is 486 g/mol. The molecule has 9 heteroatoms. The van der Waals surface area contributed by atoms with Gasteiger partial charge in [-0.1, -0.05) is 28.1 Å². The quantitative estimate of drug-likeness (QED) is 0.466. The zero-order valence-corrected chi connectivity index (χ0v) is 18.8. The highest BCUT2D eigenvalue weighted by molar-refractivity contribution is 9.10. The summed E-state index contributed by atoms with van der Waals surface area (Å²) in [6, 6.07) is 8.75. The summed E-state index contributed by atoms with van der Waals surface area (Å²) in [5, 5.41) is 1.90. The molecule has 1 atom stereocenters. The minimum Gasteiger partial charge on any atom is -0.444 e. The SMILES string of the molecule is CC(C)(C)OC(=O)N1CC(F)(F)C[C@H]1c1nc2c(ccc3cc(Br)ccc32)[nH]1.S. The molecule has 0 saturated carbocycles. The fourth-order valence-corrected chi connectivity index (χ4v) is 3.90. The number of hydrogen-bond acceptors (Lipinski definition) is 3. The number of nitrogens with one attached hydrogen (secondary N) is 1. The molecule has 4 rings (SSSR count). The first kappa shape index (κ1) is 21.8. The van der Waals surface area contributed by atoms with Gasteiger partial charge in [0.15, 0.2) is 0 Å². The smallest absolute Gasteiger partial charge is 0.411 e. The Morgan fingerprint density at radius 1 is 1.31 bits per heavy atom. The Bertz CT molecular complexity index is 1080. The Morgan fingerprint density at radius 2 is 2.03 bits per heavy atom. The van der Waals surface area contributed by atoms with Gasteiger partial charge < -0.3 is 9.72 Å². The fourth-order valence-electron chi connectivity index (χ4n) is 3.52. The van der Waals surface area contributed by atoms with Gasteiger partial charge in [0.05, 0.1) is 23.6 Å². The third-order valence-electron chi connectivity index (χ3n) is 4.66. The molecule has 0 radical (unpaired) electrons. The molecule has 156 valence electrons. The van der Waals surface area contributed by atoms with E-state index in [9.17, 15) is 13.6 Å². The third kappa shape index (κ3) is 4.35. The predicted octanol–water partition coefficient (Wildman–Crippen LogP) is 5.91. The number of carbonyl (C=O) groups is 1. The van der Waals surface area contributed by atoms with Crippen molar-refractivity contribution in [1.82, 2.24) is 14.9 Å². The summed E-state index contributed by atoms with van der Waals surface area (Å²) in [5.74, 6) is -2.65. The number of ether oxygens (including phenoxy) is 1. The molecule has 1 fully saturated rings. The van der Waals surface area contributed by atoms with E-state index < -0.39 is 36.6 Å². The first-order valence-corrected chi connectivity index (χ1v) is 9.77. The molecule has 2 heterocycles. The first-order chi connectivity index (χ1) is 13.0. The van der Waals surface area contributed by atoms with E-state index in [1.807, 2.05) is 30.3 Å². The Labute approximate surface area is 182 Å². The number of alkyl halides is 2. The molecule has 0 unspecified atom stereocenters. The first-order valence-electron chi connectivity index (χ1n) is 8.98. The topological polar surface area (TPSA) is 58.2 Å². The zero-order chi connectivity index (χ0) is 20.3. The van der Waals surface area contributed by atoms with Crippen LogP contribution in [0.4, 0.5) is 13.6 Å². The molecule has 1 amide bonds. The van der Waals surface area contributed by atoms with E-state index in [0.717, 1.165) is 25.7 Å². The van der Waals surface area contributed by atoms with Crippen molar-refractivity contribution in [3.63, 3.8) is 0 Å². The number of carbonyl (C=O) groups excluding carboxylic acids is 1. The number of fused-ring (bicyclic) bond motifs is 3. The maximum absolute atomic E-state index is 14.2. The van der Waals surface area contributed by atoms with Crippen LogP contribution in [-0.4, -0.2) is 39.0 Å². The van der Waals surface area contributed by atoms with Gasteiger partial charge in [-0.25, -0.2) is 18.6 Å². The normalized spacial score (nSPS) is 18.8. The van der Waals surface area contributed by atoms with E-state index in [1.165, 1.54) is 0 Å². The standard InChI is InChI=1S/C20H20BrF2N3O2.H2S/c1-19(2,3)28-18(27)26-10-20(22,23)9-15(26)17-24-14-7-4-11-8-12(21)5-6-13(11)16(14)25-17;/h4-8,15H,9-10H2,1-3H3,(H,24,25);1H2/t15-;/m0./s1. The molecule has 1 aliphatic rings. The van der Waals surface area contributed by atoms with Crippen LogP contribution in [0, 0.1) is 0 Å². The Hall–Kier alpha value is -1.87. The number of nitrogens with zero attached hydrogens (tertiary/aromatic N) is 2. The second-order valence-electron chi connectivity index (χ2n) is 8.13. The highest BCUT2D eigenvalue weighted by atomic mass is 79.9. The predicted molar refractivity (Wildman–Crippen MR) is 117 cm³/mol. The lowest BCUT2D eigenvalue weighted by Crippen LogP contribution is -2.38. The molecule has 29 heavy (non-hydrogen) atoms. The van der Waals surface area contributed by atoms with Crippen molar-refractivity contribution < 1.29 is 18.3 Å². The summed E-state index contributed by atoms with van der Waals surface area (Å²) in [4.78, 5) is 21.3. The van der Waals surface area contributed by atoms with E-state index in [4.69, 9.17) is 4.74 Å². The molecule has 0 bridgehead atoms. The number of aromatic nitrogens is 2. The monoisotopic (exact) mass is 485 g/mol. The molecule has 1 N–H and O–H groups in total. The van der Waals surface area contributed by atoms with Crippen LogP contribution in [0.1, 0.15) is 39.1 Å². The van der Waals surface area contributed by atoms with Crippen LogP contribution in [0.5, 0.6) is 0 Å². The summed E-state index contributed by atoms with van der Waals surface area (Å²) >= 11 is 3.45. The van der Waals surface area contributed by atoms with Gasteiger partial charge in [-0.3, -0.25) is 4.90 Å². The molecule has 0 aliphatic carbocycles. The fraction of sp³-hybridized carbons (Fsp3) is 0.400. The lowest BCUT2D eigenvalue weighted by Gasteiger charge is -2.27. The van der Waals surface area contributed by atoms with Crippen LogP contribution in [0.15, 0.2) is 34.8 Å². The van der Waals surface area contributed by atoms with Gasteiger partial charge in [0.1, 0.15) is 11.4 Å². The van der Waals surface area contributed by atoms with Crippen molar-refractivity contribution in [3.8, 4) is 0 Å². The Balaban J connectivity index is 0.00000240. The lowest BCUT2D eigenvalue weighted by atomic mass is 10.1. The highest BCUT2D eigenvalue weighted by Crippen LogP contribution is 2.41. The van der Waals surface area contributed by atoms with Crippen molar-refractivity contribution in [2.24, 2.45) is 0 Å². The number of rotatable bonds is 1. The molecule has 0 spiro atoms. The van der Waals surface area contributed by atoms with Crippen LogP contribution < -0.4 is 0 Å². The van der Waals surface area contributed by atoms with Crippen LogP contribution >= 0.6 is 29.4 Å². The van der Waals surface area contributed by atoms with E-state index >= 15 is 0 Å². The minimum atomic E-state index is -2.99. The van der Waals surface area contributed by atoms with Crippen LogP contribution in [0.2, 0.25) is 0 Å². The summed E-state index contributed by atoms with van der Waals surface area (Å²) in [6.07, 6.45) is -1.25. The zero-order valence-electron chi connectivity index (χ0n) is 16.2. The van der Waals surface area contributed by atoms with Gasteiger partial charge in [0.2, 0.25) is 0 Å². The summed E-state index contributed by atoms with van der Waals surface area (Å²) in [7, 11) is 0. The maximum Gasteiger partial charge on any atom is 0.411 e. The third-order valence-corrected chi connectivity index (χ3v) is 5.16. The number of imidazole rings is 1. The van der Waals surface area contributed by atoms with Gasteiger partial charge in [-0.2, -0.15) is 13.5 Å². The van der Waals surface area contributed by atoms with E-state index in [-0.39, 0.29) is 13.5 Å². The molecule has 1 aromatic heterocycles. The molecule has 1 saturated heterocycles. The van der Waals surface area contributed by atoms with Crippen molar-refractivity contribution in [2.45, 2.75) is 44.8 Å². The largest absolute Gasteiger partial charge is 0.444 e. The second-order valence-corrected chi connectivity index (χ2v) is 9.05. The van der Waals surface area contributed by atoms with Crippen molar-refractivity contribution >= 4 is 57.3 Å². The number of halogens is 3. The van der Waals surface area contributed by atoms with E-state index in [1.54, 1.807) is 20.8 Å². The molecule has 5 nitrogen and oxygen atoms in total. The number of aromatic amines is 1. The van der Waals surface area contributed by atoms with Crippen LogP contribution in [0.3, 0.4) is 0 Å². The maximum atomic E-state index is 14.2. The number of likely N-dealkylation sites (tertiary alicyclic amines) is 1. The van der Waals surface area contributed by atoms with Gasteiger partial charge in [-0.05, 0) is 44.4 Å². The van der Waals surface area contributed by atoms with E-state index in [2.05, 4.69) is 25.9 Å². The van der Waals surface area contributed by atoms with E-state index in [0.29, 0.717) is 11.3 Å². The van der Waals surface area contributed by atoms with Gasteiger partial charge in [0.25, 0.3) is 5.92 Å². The average Bonchev–Trinajstić information content (AvgIpc) is 3.13. The minimum absolute atomic E-state index is 0. The Morgan fingerprint density at radius 3 is 2.72 bits per heavy atom. The Kier molecular flexibility index (Phi) is 5.59. The summed E-state index contributed by atoms with van der Waals surface area (Å²) in [6.45, 7) is 4.44. The molecule has 1 aliphatic heterocycles. The number of benzene rings is 2. The lowest BCUT2D eigenvalue weighted by molar-refractivity contribution is -0.00248. The van der Waals surface area contributed by atoms with Crippen LogP contribution in [-0.2, 0) is 4.74 Å².